The van der Waals surface area contributed by atoms with Gasteiger partial charge >= 0.3 is 0 Å². The predicted molar refractivity (Wildman–Crippen MR) is 197 cm³/mol. The molecule has 0 saturated heterocycles. The third kappa shape index (κ3) is 7.11. The first-order chi connectivity index (χ1) is 23.3. The zero-order chi connectivity index (χ0) is 33.6. The van der Waals surface area contributed by atoms with E-state index < -0.39 is 5.91 Å². The van der Waals surface area contributed by atoms with Crippen LogP contribution in [0.3, 0.4) is 0 Å². The van der Waals surface area contributed by atoms with Crippen LogP contribution in [0.15, 0.2) is 138 Å². The molecule has 0 aliphatic carbocycles. The van der Waals surface area contributed by atoms with E-state index in [0.717, 1.165) is 32.3 Å². The summed E-state index contributed by atoms with van der Waals surface area (Å²) in [5.41, 5.74) is 4.94. The molecule has 6 aromatic rings. The molecule has 0 fully saturated rings. The van der Waals surface area contributed by atoms with Crippen LogP contribution >= 0.6 is 11.8 Å². The predicted octanol–water partition coefficient (Wildman–Crippen LogP) is 9.54. The molecule has 1 aromatic heterocycles. The van der Waals surface area contributed by atoms with E-state index in [2.05, 4.69) is 36.6 Å². The summed E-state index contributed by atoms with van der Waals surface area (Å²) in [5, 5.41) is 7.53. The van der Waals surface area contributed by atoms with Crippen molar-refractivity contribution < 1.29 is 14.4 Å². The van der Waals surface area contributed by atoms with E-state index in [9.17, 15) is 14.4 Å². The smallest absolute Gasteiger partial charge is 0.272 e. The number of para-hydroxylation sites is 2. The normalized spacial score (nSPS) is 12.3. The monoisotopic (exact) mass is 651 g/mol. The number of thioether (sulfide) groups is 1. The van der Waals surface area contributed by atoms with Crippen LogP contribution in [0, 0.1) is 0 Å². The number of hydrogen-bond donors (Lipinski definition) is 2. The molecule has 240 valence electrons. The standard InChI is InChI=1S/C41H37N3O3S/c1-4-38(41(47)44-36-16-10-8-14-33(36)34-15-9-11-17-37(34)44)48-32-24-22-31(23-25-32)42-40(46)35(43-39(45)30-12-6-5-7-13-30)26-28-18-20-29(21-19-28)27(2)3/h5-27,38H,4H2,1-3H3,(H,42,46)(H,43,45)/b35-26-. The molecule has 48 heavy (non-hydrogen) atoms. The molecule has 6 rings (SSSR count). The largest absolute Gasteiger partial charge is 0.321 e. The molecular weight excluding hydrogens is 615 g/mol. The summed E-state index contributed by atoms with van der Waals surface area (Å²) in [6.45, 7) is 6.27. The van der Waals surface area contributed by atoms with Crippen LogP contribution in [0.2, 0.25) is 0 Å². The molecule has 6 nitrogen and oxygen atoms in total. The maximum Gasteiger partial charge on any atom is 0.272 e. The Morgan fingerprint density at radius 3 is 1.90 bits per heavy atom. The van der Waals surface area contributed by atoms with E-state index in [-0.39, 0.29) is 22.8 Å². The zero-order valence-electron chi connectivity index (χ0n) is 27.1. The van der Waals surface area contributed by atoms with Gasteiger partial charge in [0.1, 0.15) is 5.70 Å². The van der Waals surface area contributed by atoms with Crippen molar-refractivity contribution in [3.05, 3.63) is 150 Å². The summed E-state index contributed by atoms with van der Waals surface area (Å²) in [6.07, 6.45) is 2.33. The van der Waals surface area contributed by atoms with E-state index >= 15 is 0 Å². The molecule has 0 bridgehead atoms. The van der Waals surface area contributed by atoms with Gasteiger partial charge in [-0.1, -0.05) is 99.6 Å². The van der Waals surface area contributed by atoms with Crippen LogP contribution in [0.1, 0.15) is 59.4 Å². The fourth-order valence-electron chi connectivity index (χ4n) is 5.68. The Morgan fingerprint density at radius 1 is 0.729 bits per heavy atom. The molecule has 1 unspecified atom stereocenters. The lowest BCUT2D eigenvalue weighted by atomic mass is 10.0. The van der Waals surface area contributed by atoms with Crippen molar-refractivity contribution in [2.75, 3.05) is 5.32 Å². The minimum Gasteiger partial charge on any atom is -0.321 e. The summed E-state index contributed by atoms with van der Waals surface area (Å²) < 4.78 is 1.84. The fraction of sp³-hybridized carbons (Fsp3) is 0.146. The SMILES string of the molecule is CCC(Sc1ccc(NC(=O)/C(=C/c2ccc(C(C)C)cc2)NC(=O)c2ccccc2)cc1)C(=O)n1c2ccccc2c2ccccc21. The Bertz CT molecular complexity index is 2060. The van der Waals surface area contributed by atoms with Crippen LogP contribution in [0.25, 0.3) is 27.9 Å². The van der Waals surface area contributed by atoms with Gasteiger partial charge in [0.2, 0.25) is 5.91 Å². The molecule has 1 heterocycles. The van der Waals surface area contributed by atoms with Crippen LogP contribution in [0.4, 0.5) is 5.69 Å². The van der Waals surface area contributed by atoms with Crippen molar-refractivity contribution >= 4 is 63.1 Å². The Labute approximate surface area is 284 Å². The number of anilines is 1. The highest BCUT2D eigenvalue weighted by Gasteiger charge is 2.24. The van der Waals surface area contributed by atoms with Crippen LogP contribution < -0.4 is 10.6 Å². The number of amides is 2. The number of carbonyl (C=O) groups excluding carboxylic acids is 3. The molecular formula is C41H37N3O3S. The lowest BCUT2D eigenvalue weighted by Gasteiger charge is -2.16. The van der Waals surface area contributed by atoms with Gasteiger partial charge < -0.3 is 10.6 Å². The number of aromatic nitrogens is 1. The first kappa shape index (κ1) is 32.5. The minimum atomic E-state index is -0.444. The zero-order valence-corrected chi connectivity index (χ0v) is 28.0. The summed E-state index contributed by atoms with van der Waals surface area (Å²) in [4.78, 5) is 41.5. The summed E-state index contributed by atoms with van der Waals surface area (Å²) in [5.74, 6) is -0.409. The molecule has 0 saturated carbocycles. The average Bonchev–Trinajstić information content (AvgIpc) is 3.45. The van der Waals surface area contributed by atoms with Crippen molar-refractivity contribution in [3.63, 3.8) is 0 Å². The second-order valence-corrected chi connectivity index (χ2v) is 13.2. The average molecular weight is 652 g/mol. The Kier molecular flexibility index (Phi) is 9.88. The summed E-state index contributed by atoms with van der Waals surface area (Å²) in [7, 11) is 0. The summed E-state index contributed by atoms with van der Waals surface area (Å²) >= 11 is 1.51. The number of rotatable bonds is 10. The van der Waals surface area contributed by atoms with Gasteiger partial charge in [-0.05, 0) is 78.1 Å². The van der Waals surface area contributed by atoms with Gasteiger partial charge in [0.15, 0.2) is 0 Å². The summed E-state index contributed by atoms with van der Waals surface area (Å²) in [6, 6.07) is 40.2. The number of nitrogens with one attached hydrogen (secondary N) is 2. The first-order valence-corrected chi connectivity index (χ1v) is 17.0. The van der Waals surface area contributed by atoms with Gasteiger partial charge in [0, 0.05) is 26.9 Å². The molecule has 2 N–H and O–H groups in total. The highest BCUT2D eigenvalue weighted by atomic mass is 32.2. The molecule has 1 atom stereocenters. The lowest BCUT2D eigenvalue weighted by molar-refractivity contribution is -0.113. The fourth-order valence-corrected chi connectivity index (χ4v) is 6.67. The molecule has 0 aliphatic heterocycles. The van der Waals surface area contributed by atoms with E-state index in [0.29, 0.717) is 23.6 Å². The Morgan fingerprint density at radius 2 is 1.31 bits per heavy atom. The molecule has 5 aromatic carbocycles. The third-order valence-corrected chi connectivity index (χ3v) is 9.64. The van der Waals surface area contributed by atoms with Gasteiger partial charge in [-0.25, -0.2) is 0 Å². The molecule has 0 spiro atoms. The van der Waals surface area contributed by atoms with E-state index in [1.54, 1.807) is 30.3 Å². The molecule has 2 amide bonds. The Balaban J connectivity index is 1.20. The van der Waals surface area contributed by atoms with Crippen molar-refractivity contribution in [3.8, 4) is 0 Å². The maximum absolute atomic E-state index is 14.0. The van der Waals surface area contributed by atoms with Crippen LogP contribution in [-0.4, -0.2) is 27.5 Å². The Hall–Kier alpha value is -5.40. The van der Waals surface area contributed by atoms with Gasteiger partial charge in [0.25, 0.3) is 11.8 Å². The van der Waals surface area contributed by atoms with Gasteiger partial charge in [-0.2, -0.15) is 0 Å². The van der Waals surface area contributed by atoms with Gasteiger partial charge in [-0.15, -0.1) is 11.8 Å². The van der Waals surface area contributed by atoms with Gasteiger partial charge in [-0.3, -0.25) is 19.0 Å². The van der Waals surface area contributed by atoms with Crippen molar-refractivity contribution in [2.45, 2.75) is 43.3 Å². The van der Waals surface area contributed by atoms with E-state index in [1.807, 2.05) is 102 Å². The van der Waals surface area contributed by atoms with Crippen molar-refractivity contribution in [2.24, 2.45) is 0 Å². The lowest BCUT2D eigenvalue weighted by Crippen LogP contribution is -2.30. The number of hydrogen-bond acceptors (Lipinski definition) is 4. The quantitative estimate of drug-likeness (QED) is 0.114. The third-order valence-electron chi connectivity index (χ3n) is 8.28. The number of carbonyl (C=O) groups is 3. The second-order valence-electron chi connectivity index (χ2n) is 11.9. The highest BCUT2D eigenvalue weighted by molar-refractivity contribution is 8.00. The topological polar surface area (TPSA) is 80.2 Å². The maximum atomic E-state index is 14.0. The van der Waals surface area contributed by atoms with E-state index in [1.165, 1.54) is 17.3 Å². The number of benzene rings is 5. The molecule has 7 heteroatoms. The first-order valence-electron chi connectivity index (χ1n) is 16.1. The van der Waals surface area contributed by atoms with Crippen LogP contribution in [0.5, 0.6) is 0 Å². The van der Waals surface area contributed by atoms with Crippen molar-refractivity contribution in [1.82, 2.24) is 9.88 Å². The van der Waals surface area contributed by atoms with E-state index in [4.69, 9.17) is 0 Å². The second kappa shape index (κ2) is 14.6. The molecule has 0 radical (unpaired) electrons. The highest BCUT2D eigenvalue weighted by Crippen LogP contribution is 2.33. The minimum absolute atomic E-state index is 0.0302. The van der Waals surface area contributed by atoms with Crippen molar-refractivity contribution in [1.29, 1.82) is 0 Å². The number of nitrogens with zero attached hydrogens (tertiary/aromatic N) is 1. The van der Waals surface area contributed by atoms with Crippen LogP contribution in [-0.2, 0) is 4.79 Å². The van der Waals surface area contributed by atoms with Gasteiger partial charge in [0.05, 0.1) is 16.3 Å². The number of fused-ring (bicyclic) bond motifs is 3. The molecule has 0 aliphatic rings.